The number of hydrogen-bond donors (Lipinski definition) is 2. The number of hydrogen-bond acceptors (Lipinski definition) is 4. The van der Waals surface area contributed by atoms with E-state index in [1.54, 1.807) is 0 Å². The van der Waals surface area contributed by atoms with Crippen LogP contribution in [0.2, 0.25) is 0 Å². The monoisotopic (exact) mass is 558 g/mol. The van der Waals surface area contributed by atoms with Crippen molar-refractivity contribution in [2.75, 3.05) is 0 Å². The number of alkyl halides is 12. The molecular formula is C20H26F12O4. The van der Waals surface area contributed by atoms with Gasteiger partial charge in [0.2, 0.25) is 0 Å². The molecule has 0 heterocycles. The SMILES string of the molecule is CCC(C)(C(=O)OC1CC(C(O)(C(F)(F)F)C(F)(F)F)CC(C(O)(C(F)(F)F)C(F)(F)F)C1)C(C)C. The quantitative estimate of drug-likeness (QED) is 0.306. The zero-order valence-electron chi connectivity index (χ0n) is 19.4. The Balaban J connectivity index is 3.72. The number of halogens is 12. The van der Waals surface area contributed by atoms with E-state index in [9.17, 15) is 67.7 Å². The maximum absolute atomic E-state index is 13.4. The number of esters is 1. The first-order valence-corrected chi connectivity index (χ1v) is 10.6. The molecule has 0 aromatic rings. The predicted octanol–water partition coefficient (Wildman–Crippen LogP) is 6.10. The summed E-state index contributed by atoms with van der Waals surface area (Å²) in [6.07, 6.45) is -34.0. The van der Waals surface area contributed by atoms with Gasteiger partial charge in [0.05, 0.1) is 5.41 Å². The minimum absolute atomic E-state index is 0.00679. The lowest BCUT2D eigenvalue weighted by atomic mass is 9.65. The van der Waals surface area contributed by atoms with Crippen LogP contribution in [0, 0.1) is 23.2 Å². The van der Waals surface area contributed by atoms with Gasteiger partial charge in [0.1, 0.15) is 6.10 Å². The number of carbonyl (C=O) groups is 1. The smallest absolute Gasteiger partial charge is 0.426 e. The second kappa shape index (κ2) is 9.70. The second-order valence-corrected chi connectivity index (χ2v) is 9.58. The van der Waals surface area contributed by atoms with Crippen LogP contribution in [0.15, 0.2) is 0 Å². The van der Waals surface area contributed by atoms with Crippen molar-refractivity contribution in [1.82, 2.24) is 0 Å². The molecule has 0 aromatic heterocycles. The molecule has 3 unspecified atom stereocenters. The van der Waals surface area contributed by atoms with Gasteiger partial charge in [-0.05, 0) is 38.5 Å². The zero-order chi connectivity index (χ0) is 28.9. The van der Waals surface area contributed by atoms with Crippen molar-refractivity contribution in [2.24, 2.45) is 23.2 Å². The van der Waals surface area contributed by atoms with E-state index in [1.807, 2.05) is 0 Å². The van der Waals surface area contributed by atoms with Gasteiger partial charge in [-0.15, -0.1) is 0 Å². The minimum Gasteiger partial charge on any atom is -0.462 e. The number of ether oxygens (including phenoxy) is 1. The Labute approximate surface area is 198 Å². The van der Waals surface area contributed by atoms with Gasteiger partial charge >= 0.3 is 30.7 Å². The molecule has 0 aliphatic heterocycles. The van der Waals surface area contributed by atoms with Gasteiger partial charge in [0.15, 0.2) is 0 Å². The van der Waals surface area contributed by atoms with Gasteiger partial charge in [-0.3, -0.25) is 4.79 Å². The van der Waals surface area contributed by atoms with Crippen molar-refractivity contribution < 1.29 is 72.4 Å². The third kappa shape index (κ3) is 5.39. The highest BCUT2D eigenvalue weighted by Crippen LogP contribution is 2.58. The van der Waals surface area contributed by atoms with E-state index in [0.29, 0.717) is 0 Å². The lowest BCUT2D eigenvalue weighted by molar-refractivity contribution is -0.405. The van der Waals surface area contributed by atoms with Crippen molar-refractivity contribution in [3.8, 4) is 0 Å². The number of carbonyl (C=O) groups excluding carboxylic acids is 1. The van der Waals surface area contributed by atoms with Gasteiger partial charge < -0.3 is 14.9 Å². The lowest BCUT2D eigenvalue weighted by Crippen LogP contribution is -2.67. The van der Waals surface area contributed by atoms with Crippen LogP contribution >= 0.6 is 0 Å². The Morgan fingerprint density at radius 2 is 1.06 bits per heavy atom. The summed E-state index contributed by atoms with van der Waals surface area (Å²) in [5.74, 6) is -8.60. The van der Waals surface area contributed by atoms with Crippen molar-refractivity contribution >= 4 is 5.97 Å². The highest BCUT2D eigenvalue weighted by molar-refractivity contribution is 5.76. The Bertz CT molecular complexity index is 710. The third-order valence-electron chi connectivity index (χ3n) is 7.32. The molecule has 1 aliphatic carbocycles. The first-order valence-electron chi connectivity index (χ1n) is 10.6. The van der Waals surface area contributed by atoms with Gasteiger partial charge in [0.25, 0.3) is 11.2 Å². The maximum atomic E-state index is 13.4. The van der Waals surface area contributed by atoms with E-state index >= 15 is 0 Å². The first-order chi connectivity index (χ1) is 15.7. The van der Waals surface area contributed by atoms with Crippen molar-refractivity contribution in [3.05, 3.63) is 0 Å². The summed E-state index contributed by atoms with van der Waals surface area (Å²) in [4.78, 5) is 12.7. The topological polar surface area (TPSA) is 66.8 Å². The van der Waals surface area contributed by atoms with E-state index in [4.69, 9.17) is 4.74 Å². The molecule has 16 heteroatoms. The van der Waals surface area contributed by atoms with Crippen molar-refractivity contribution in [3.63, 3.8) is 0 Å². The summed E-state index contributed by atoms with van der Waals surface area (Å²) in [7, 11) is 0. The van der Waals surface area contributed by atoms with E-state index in [2.05, 4.69) is 0 Å². The Morgan fingerprint density at radius 1 is 0.750 bits per heavy atom. The van der Waals surface area contributed by atoms with Gasteiger partial charge in [0, 0.05) is 11.8 Å². The average Bonchev–Trinajstić information content (AvgIpc) is 2.67. The molecule has 0 bridgehead atoms. The van der Waals surface area contributed by atoms with Crippen LogP contribution in [0.25, 0.3) is 0 Å². The molecule has 1 rings (SSSR count). The molecule has 0 radical (unpaired) electrons. The molecule has 0 amide bonds. The molecule has 214 valence electrons. The van der Waals surface area contributed by atoms with E-state index < -0.39 is 90.4 Å². The fourth-order valence-corrected chi connectivity index (χ4v) is 4.37. The Morgan fingerprint density at radius 3 is 1.28 bits per heavy atom. The molecule has 1 fully saturated rings. The Kier molecular flexibility index (Phi) is 8.77. The van der Waals surface area contributed by atoms with Crippen LogP contribution in [0.4, 0.5) is 52.7 Å². The molecule has 1 aliphatic rings. The van der Waals surface area contributed by atoms with Crippen LogP contribution < -0.4 is 0 Å². The first kappa shape index (κ1) is 32.6. The minimum atomic E-state index is -6.59. The van der Waals surface area contributed by atoms with Gasteiger partial charge in [-0.25, -0.2) is 0 Å². The molecule has 3 atom stereocenters. The molecule has 0 saturated heterocycles. The standard InChI is InChI=1S/C20H26F12O4/c1-5-14(4,9(2)3)13(33)36-12-7-10(15(34,17(21,22)23)18(24,25)26)6-11(8-12)16(35,19(27,28)29)20(30,31)32/h9-12,34-35H,5-8H2,1-4H3. The summed E-state index contributed by atoms with van der Waals surface area (Å²) in [6, 6.07) is 0. The predicted molar refractivity (Wildman–Crippen MR) is 98.1 cm³/mol. The molecule has 0 spiro atoms. The van der Waals surface area contributed by atoms with Crippen LogP contribution in [0.3, 0.4) is 0 Å². The summed E-state index contributed by atoms with van der Waals surface area (Å²) in [5, 5.41) is 19.4. The molecule has 4 nitrogen and oxygen atoms in total. The van der Waals surface area contributed by atoms with Crippen LogP contribution in [-0.2, 0) is 9.53 Å². The van der Waals surface area contributed by atoms with Crippen LogP contribution in [0.5, 0.6) is 0 Å². The summed E-state index contributed by atoms with van der Waals surface area (Å²) in [6.45, 7) is 5.69. The average molecular weight is 558 g/mol. The highest BCUT2D eigenvalue weighted by atomic mass is 19.4. The third-order valence-corrected chi connectivity index (χ3v) is 7.32. The lowest BCUT2D eigenvalue weighted by Gasteiger charge is -2.48. The normalized spacial score (nSPS) is 25.0. The zero-order valence-corrected chi connectivity index (χ0v) is 19.4. The van der Waals surface area contributed by atoms with E-state index in [0.717, 1.165) is 0 Å². The molecule has 0 aromatic carbocycles. The van der Waals surface area contributed by atoms with Crippen LogP contribution in [-0.4, -0.2) is 58.2 Å². The molecule has 36 heavy (non-hydrogen) atoms. The fourth-order valence-electron chi connectivity index (χ4n) is 4.37. The van der Waals surface area contributed by atoms with Crippen LogP contribution in [0.1, 0.15) is 53.4 Å². The van der Waals surface area contributed by atoms with Crippen molar-refractivity contribution in [1.29, 1.82) is 0 Å². The number of aliphatic hydroxyl groups is 2. The highest BCUT2D eigenvalue weighted by Gasteiger charge is 2.78. The largest absolute Gasteiger partial charge is 0.462 e. The fraction of sp³-hybridized carbons (Fsp3) is 0.950. The Hall–Kier alpha value is -1.45. The summed E-state index contributed by atoms with van der Waals surface area (Å²) < 4.78 is 166. The van der Waals surface area contributed by atoms with Gasteiger partial charge in [-0.2, -0.15) is 52.7 Å². The van der Waals surface area contributed by atoms with Gasteiger partial charge in [-0.1, -0.05) is 20.8 Å². The summed E-state index contributed by atoms with van der Waals surface area (Å²) >= 11 is 0. The van der Waals surface area contributed by atoms with E-state index in [-0.39, 0.29) is 6.42 Å². The molecule has 1 saturated carbocycles. The number of rotatable bonds is 6. The maximum Gasteiger partial charge on any atom is 0.426 e. The van der Waals surface area contributed by atoms with Crippen molar-refractivity contribution in [2.45, 2.75) is 95.4 Å². The molecule has 2 N–H and O–H groups in total. The van der Waals surface area contributed by atoms with E-state index in [1.165, 1.54) is 27.7 Å². The summed E-state index contributed by atoms with van der Waals surface area (Å²) in [5.41, 5.74) is -13.0. The molecular weight excluding hydrogens is 532 g/mol. The second-order valence-electron chi connectivity index (χ2n) is 9.58.